The van der Waals surface area contributed by atoms with Crippen LogP contribution in [-0.4, -0.2) is 56.5 Å². The molecule has 14 heteroatoms. The summed E-state index contributed by atoms with van der Waals surface area (Å²) in [7, 11) is 2.08. The molecule has 2 N–H and O–H groups in total. The molecule has 0 saturated heterocycles. The van der Waals surface area contributed by atoms with Crippen LogP contribution in [0.2, 0.25) is 5.02 Å². The van der Waals surface area contributed by atoms with Gasteiger partial charge in [0.2, 0.25) is 5.91 Å². The standard InChI is InChI=1S/C23H22BrClF3N3O6/c1-36-19(32)12-16(20(33)29-17(21(34)37-2)10-13-6-4-3-5-7-13)30-22(35)31(23(26,27)28)18-9-8-14(24)11-15(18)25/h3-9,11,16-17H,10,12H2,1-2H3,(H,29,33)(H,30,35)/t16-,17-/m0/s1. The summed E-state index contributed by atoms with van der Waals surface area (Å²) in [6.45, 7) is 0. The van der Waals surface area contributed by atoms with E-state index in [0.29, 0.717) is 10.0 Å². The fourth-order valence-corrected chi connectivity index (χ4v) is 3.91. The van der Waals surface area contributed by atoms with E-state index >= 15 is 0 Å². The van der Waals surface area contributed by atoms with Crippen LogP contribution in [0.5, 0.6) is 0 Å². The largest absolute Gasteiger partial charge is 0.493 e. The summed E-state index contributed by atoms with van der Waals surface area (Å²) < 4.78 is 51.2. The van der Waals surface area contributed by atoms with Gasteiger partial charge in [0.05, 0.1) is 31.4 Å². The van der Waals surface area contributed by atoms with E-state index in [0.717, 1.165) is 26.4 Å². The van der Waals surface area contributed by atoms with E-state index in [1.54, 1.807) is 30.3 Å². The van der Waals surface area contributed by atoms with Gasteiger partial charge >= 0.3 is 24.3 Å². The fourth-order valence-electron chi connectivity index (χ4n) is 3.15. The van der Waals surface area contributed by atoms with Crippen LogP contribution in [0, 0.1) is 0 Å². The van der Waals surface area contributed by atoms with Gasteiger partial charge in [0.25, 0.3) is 0 Å². The number of esters is 2. The number of carbonyl (C=O) groups excluding carboxylic acids is 4. The summed E-state index contributed by atoms with van der Waals surface area (Å²) in [6, 6.07) is 6.91. The second kappa shape index (κ2) is 13.3. The van der Waals surface area contributed by atoms with E-state index in [9.17, 15) is 32.3 Å². The Morgan fingerprint density at radius 1 is 1.00 bits per heavy atom. The molecule has 0 unspecified atom stereocenters. The van der Waals surface area contributed by atoms with Crippen molar-refractivity contribution in [3.05, 3.63) is 63.6 Å². The molecular weight excluding hydrogens is 587 g/mol. The molecule has 37 heavy (non-hydrogen) atoms. The molecular formula is C23H22BrClF3N3O6. The third kappa shape index (κ3) is 8.64. The van der Waals surface area contributed by atoms with Crippen LogP contribution in [0.4, 0.5) is 23.7 Å². The molecule has 2 rings (SSSR count). The first kappa shape index (κ1) is 29.9. The molecule has 0 radical (unpaired) electrons. The van der Waals surface area contributed by atoms with Gasteiger partial charge in [-0.2, -0.15) is 0 Å². The summed E-state index contributed by atoms with van der Waals surface area (Å²) in [6.07, 6.45) is -6.11. The number of urea groups is 1. The Labute approximate surface area is 223 Å². The lowest BCUT2D eigenvalue weighted by Crippen LogP contribution is -2.57. The minimum absolute atomic E-state index is 0.0265. The minimum atomic E-state index is -5.25. The zero-order valence-electron chi connectivity index (χ0n) is 19.5. The summed E-state index contributed by atoms with van der Waals surface area (Å²) in [5.74, 6) is -2.97. The number of nitrogens with one attached hydrogen (secondary N) is 2. The number of halogens is 5. The van der Waals surface area contributed by atoms with Gasteiger partial charge in [-0.05, 0) is 23.8 Å². The van der Waals surface area contributed by atoms with Gasteiger partial charge in [-0.15, -0.1) is 13.2 Å². The highest BCUT2D eigenvalue weighted by Gasteiger charge is 2.44. The number of anilines is 1. The topological polar surface area (TPSA) is 114 Å². The molecule has 0 heterocycles. The Balaban J connectivity index is 2.34. The molecule has 0 bridgehead atoms. The molecule has 0 fully saturated rings. The number of nitrogens with zero attached hydrogens (tertiary/aromatic N) is 1. The van der Waals surface area contributed by atoms with E-state index in [4.69, 9.17) is 16.3 Å². The SMILES string of the molecule is COC(=O)C[C@H](NC(=O)N(c1ccc(Br)cc1Cl)C(F)(F)F)C(=O)N[C@@H](Cc1ccccc1)C(=O)OC. The van der Waals surface area contributed by atoms with Crippen molar-refractivity contribution in [1.82, 2.24) is 10.6 Å². The van der Waals surface area contributed by atoms with Crippen molar-refractivity contribution in [2.45, 2.75) is 31.2 Å². The third-order valence-corrected chi connectivity index (χ3v) is 5.70. The number of methoxy groups -OCH3 is 2. The Hall–Kier alpha value is -3.32. The maximum Gasteiger partial charge on any atom is 0.493 e. The smallest absolute Gasteiger partial charge is 0.469 e. The molecule has 0 aliphatic heterocycles. The lowest BCUT2D eigenvalue weighted by Gasteiger charge is -2.28. The summed E-state index contributed by atoms with van der Waals surface area (Å²) in [5, 5.41) is 3.79. The molecule has 0 saturated carbocycles. The van der Waals surface area contributed by atoms with E-state index in [1.165, 1.54) is 6.07 Å². The summed E-state index contributed by atoms with van der Waals surface area (Å²) in [4.78, 5) is 49.3. The average Bonchev–Trinajstić information content (AvgIpc) is 2.83. The van der Waals surface area contributed by atoms with E-state index in [-0.39, 0.29) is 6.42 Å². The van der Waals surface area contributed by atoms with E-state index in [2.05, 4.69) is 26.0 Å². The number of hydrogen-bond acceptors (Lipinski definition) is 6. The molecule has 3 amide bonds. The Morgan fingerprint density at radius 3 is 2.19 bits per heavy atom. The number of hydrogen-bond donors (Lipinski definition) is 2. The van der Waals surface area contributed by atoms with Crippen LogP contribution in [0.25, 0.3) is 0 Å². The highest BCUT2D eigenvalue weighted by atomic mass is 79.9. The average molecular weight is 609 g/mol. The molecule has 9 nitrogen and oxygen atoms in total. The Kier molecular flexibility index (Phi) is 10.7. The van der Waals surface area contributed by atoms with Crippen LogP contribution in [0.3, 0.4) is 0 Å². The molecule has 0 aliphatic rings. The number of alkyl halides is 3. The highest BCUT2D eigenvalue weighted by Crippen LogP contribution is 2.35. The predicted molar refractivity (Wildman–Crippen MR) is 131 cm³/mol. The molecule has 2 aromatic carbocycles. The zero-order valence-corrected chi connectivity index (χ0v) is 21.8. The second-order valence-corrected chi connectivity index (χ2v) is 8.78. The van der Waals surface area contributed by atoms with Crippen molar-refractivity contribution in [3.63, 3.8) is 0 Å². The number of amides is 3. The third-order valence-electron chi connectivity index (χ3n) is 4.90. The Morgan fingerprint density at radius 2 is 1.65 bits per heavy atom. The van der Waals surface area contributed by atoms with Gasteiger partial charge < -0.3 is 20.1 Å². The zero-order chi connectivity index (χ0) is 27.8. The van der Waals surface area contributed by atoms with Gasteiger partial charge in [0.1, 0.15) is 12.1 Å². The second-order valence-electron chi connectivity index (χ2n) is 7.46. The van der Waals surface area contributed by atoms with Gasteiger partial charge in [-0.1, -0.05) is 57.9 Å². The van der Waals surface area contributed by atoms with Crippen molar-refractivity contribution in [2.75, 3.05) is 19.1 Å². The lowest BCUT2D eigenvalue weighted by molar-refractivity contribution is -0.146. The van der Waals surface area contributed by atoms with Crippen LogP contribution in [0.15, 0.2) is 53.0 Å². The maximum atomic E-state index is 13.9. The van der Waals surface area contributed by atoms with Crippen LogP contribution in [-0.2, 0) is 30.3 Å². The van der Waals surface area contributed by atoms with Crippen molar-refractivity contribution < 1.29 is 41.8 Å². The van der Waals surface area contributed by atoms with Gasteiger partial charge in [0, 0.05) is 10.9 Å². The first-order valence-corrected chi connectivity index (χ1v) is 11.7. The molecule has 0 aliphatic carbocycles. The molecule has 2 aromatic rings. The quantitative estimate of drug-likeness (QED) is 0.329. The van der Waals surface area contributed by atoms with E-state index < -0.39 is 64.3 Å². The van der Waals surface area contributed by atoms with Crippen LogP contribution in [0.1, 0.15) is 12.0 Å². The molecule has 200 valence electrons. The maximum absolute atomic E-state index is 13.9. The number of ether oxygens (including phenoxy) is 2. The van der Waals surface area contributed by atoms with Crippen molar-refractivity contribution in [2.24, 2.45) is 0 Å². The summed E-state index contributed by atoms with van der Waals surface area (Å²) in [5.41, 5.74) is -0.0801. The first-order chi connectivity index (χ1) is 17.4. The van der Waals surface area contributed by atoms with Gasteiger partial charge in [-0.3, -0.25) is 9.59 Å². The van der Waals surface area contributed by atoms with Crippen molar-refractivity contribution >= 4 is 57.1 Å². The number of rotatable bonds is 9. The van der Waals surface area contributed by atoms with E-state index in [1.807, 2.05) is 5.32 Å². The molecule has 0 spiro atoms. The fraction of sp³-hybridized carbons (Fsp3) is 0.304. The predicted octanol–water partition coefficient (Wildman–Crippen LogP) is 3.97. The number of carbonyl (C=O) groups is 4. The lowest BCUT2D eigenvalue weighted by atomic mass is 10.1. The van der Waals surface area contributed by atoms with Crippen LogP contribution >= 0.6 is 27.5 Å². The van der Waals surface area contributed by atoms with Gasteiger partial charge in [-0.25, -0.2) is 14.5 Å². The van der Waals surface area contributed by atoms with Gasteiger partial charge in [0.15, 0.2) is 0 Å². The van der Waals surface area contributed by atoms with Crippen molar-refractivity contribution in [3.8, 4) is 0 Å². The monoisotopic (exact) mass is 607 g/mol. The highest BCUT2D eigenvalue weighted by molar-refractivity contribution is 9.10. The van der Waals surface area contributed by atoms with Crippen molar-refractivity contribution in [1.29, 1.82) is 0 Å². The normalized spacial score (nSPS) is 12.6. The molecule has 2 atom stereocenters. The Bertz CT molecular complexity index is 1140. The number of benzene rings is 2. The van der Waals surface area contributed by atoms with Crippen LogP contribution < -0.4 is 15.5 Å². The minimum Gasteiger partial charge on any atom is -0.469 e. The molecule has 0 aromatic heterocycles. The first-order valence-electron chi connectivity index (χ1n) is 10.5. The summed E-state index contributed by atoms with van der Waals surface area (Å²) >= 11 is 8.98.